The first-order valence-corrected chi connectivity index (χ1v) is 5.28. The predicted molar refractivity (Wildman–Crippen MR) is 63.2 cm³/mol. The molecule has 0 aliphatic rings. The highest BCUT2D eigenvalue weighted by Crippen LogP contribution is 2.24. The maximum Gasteiger partial charge on any atom is 0.134 e. The van der Waals surface area contributed by atoms with Crippen LogP contribution < -0.4 is 5.11 Å². The van der Waals surface area contributed by atoms with Gasteiger partial charge in [0, 0.05) is 10.6 Å². The second kappa shape index (κ2) is 4.89. The number of aliphatic carboxylic acids is 1. The Labute approximate surface area is 103 Å². The molecule has 1 aromatic heterocycles. The fourth-order valence-electron chi connectivity index (χ4n) is 1.36. The Morgan fingerprint density at radius 1 is 1.18 bits per heavy atom. The molecular weight excluding hydrogens is 240 g/mol. The van der Waals surface area contributed by atoms with Crippen molar-refractivity contribution < 1.29 is 14.3 Å². The standard InChI is InChI=1S/C13H9ClO3/c14-10-3-1-9(2-4-10)12-7-5-11(17-12)6-8-13(15)16/h1-8H,(H,15,16)/p-1. The van der Waals surface area contributed by atoms with Crippen LogP contribution in [0.1, 0.15) is 5.76 Å². The van der Waals surface area contributed by atoms with Gasteiger partial charge in [-0.05, 0) is 48.6 Å². The van der Waals surface area contributed by atoms with Gasteiger partial charge in [-0.2, -0.15) is 0 Å². The third-order valence-corrected chi connectivity index (χ3v) is 2.39. The molecule has 1 heterocycles. The van der Waals surface area contributed by atoms with Crippen molar-refractivity contribution in [1.82, 2.24) is 0 Å². The van der Waals surface area contributed by atoms with Gasteiger partial charge in [-0.1, -0.05) is 11.6 Å². The van der Waals surface area contributed by atoms with Crippen molar-refractivity contribution >= 4 is 23.6 Å². The predicted octanol–water partition coefficient (Wildman–Crippen LogP) is 2.36. The number of carboxylic acids is 1. The largest absolute Gasteiger partial charge is 0.545 e. The highest BCUT2D eigenvalue weighted by atomic mass is 35.5. The number of carbonyl (C=O) groups is 1. The van der Waals surface area contributed by atoms with E-state index in [0.29, 0.717) is 16.5 Å². The van der Waals surface area contributed by atoms with Gasteiger partial charge in [-0.15, -0.1) is 0 Å². The number of furan rings is 1. The van der Waals surface area contributed by atoms with Gasteiger partial charge in [0.15, 0.2) is 0 Å². The molecule has 1 aromatic carbocycles. The summed E-state index contributed by atoms with van der Waals surface area (Å²) in [4.78, 5) is 10.2. The van der Waals surface area contributed by atoms with Crippen molar-refractivity contribution in [1.29, 1.82) is 0 Å². The van der Waals surface area contributed by atoms with E-state index in [2.05, 4.69) is 0 Å². The van der Waals surface area contributed by atoms with E-state index in [0.717, 1.165) is 11.6 Å². The highest BCUT2D eigenvalue weighted by molar-refractivity contribution is 6.30. The Bertz CT molecular complexity index is 552. The maximum absolute atomic E-state index is 10.2. The molecule has 0 aliphatic carbocycles. The number of hydrogen-bond acceptors (Lipinski definition) is 3. The molecule has 2 aromatic rings. The molecule has 0 N–H and O–H groups in total. The second-order valence-corrected chi connectivity index (χ2v) is 3.80. The summed E-state index contributed by atoms with van der Waals surface area (Å²) in [5.74, 6) is -0.145. The summed E-state index contributed by atoms with van der Waals surface area (Å²) in [6.45, 7) is 0. The van der Waals surface area contributed by atoms with E-state index in [1.165, 1.54) is 6.08 Å². The zero-order chi connectivity index (χ0) is 12.3. The first-order chi connectivity index (χ1) is 8.15. The lowest BCUT2D eigenvalue weighted by Gasteiger charge is -1.96. The summed E-state index contributed by atoms with van der Waals surface area (Å²) in [7, 11) is 0. The molecule has 0 aliphatic heterocycles. The van der Waals surface area contributed by atoms with Crippen LogP contribution in [-0.2, 0) is 4.79 Å². The summed E-state index contributed by atoms with van der Waals surface area (Å²) in [6.07, 6.45) is 2.26. The summed E-state index contributed by atoms with van der Waals surface area (Å²) >= 11 is 5.77. The van der Waals surface area contributed by atoms with Crippen LogP contribution in [0.15, 0.2) is 46.9 Å². The Morgan fingerprint density at radius 3 is 2.53 bits per heavy atom. The summed E-state index contributed by atoms with van der Waals surface area (Å²) in [6, 6.07) is 10.6. The van der Waals surface area contributed by atoms with Crippen molar-refractivity contribution in [2.75, 3.05) is 0 Å². The third-order valence-electron chi connectivity index (χ3n) is 2.14. The molecule has 3 nitrogen and oxygen atoms in total. The molecule has 0 spiro atoms. The number of benzene rings is 1. The van der Waals surface area contributed by atoms with Gasteiger partial charge < -0.3 is 14.3 Å². The zero-order valence-corrected chi connectivity index (χ0v) is 9.48. The van der Waals surface area contributed by atoms with Crippen LogP contribution in [0.5, 0.6) is 0 Å². The third kappa shape index (κ3) is 2.98. The molecular formula is C13H8ClO3-. The minimum atomic E-state index is -1.26. The summed E-state index contributed by atoms with van der Waals surface area (Å²) < 4.78 is 5.44. The van der Waals surface area contributed by atoms with Crippen LogP contribution in [0.3, 0.4) is 0 Å². The van der Waals surface area contributed by atoms with Gasteiger partial charge >= 0.3 is 0 Å². The first-order valence-electron chi connectivity index (χ1n) is 4.90. The van der Waals surface area contributed by atoms with E-state index in [1.54, 1.807) is 24.3 Å². The van der Waals surface area contributed by atoms with Gasteiger partial charge in [0.05, 0.1) is 5.97 Å². The molecule has 0 saturated heterocycles. The lowest BCUT2D eigenvalue weighted by molar-refractivity contribution is -0.297. The van der Waals surface area contributed by atoms with Crippen LogP contribution in [0.4, 0.5) is 0 Å². The van der Waals surface area contributed by atoms with Crippen LogP contribution in [0, 0.1) is 0 Å². The van der Waals surface area contributed by atoms with Crippen molar-refractivity contribution in [3.63, 3.8) is 0 Å². The van der Waals surface area contributed by atoms with Crippen molar-refractivity contribution in [3.8, 4) is 11.3 Å². The van der Waals surface area contributed by atoms with E-state index in [4.69, 9.17) is 16.0 Å². The Kier molecular flexibility index (Phi) is 3.30. The molecule has 0 radical (unpaired) electrons. The fourth-order valence-corrected chi connectivity index (χ4v) is 1.49. The number of hydrogen-bond donors (Lipinski definition) is 0. The SMILES string of the molecule is O=C([O-])C=Cc1ccc(-c2ccc(Cl)cc2)o1. The number of carboxylic acid groups (broad SMARTS) is 1. The molecule has 4 heteroatoms. The van der Waals surface area contributed by atoms with Crippen LogP contribution in [0.2, 0.25) is 5.02 Å². The van der Waals surface area contributed by atoms with Gasteiger partial charge in [0.25, 0.3) is 0 Å². The topological polar surface area (TPSA) is 53.3 Å². The van der Waals surface area contributed by atoms with Crippen LogP contribution in [-0.4, -0.2) is 5.97 Å². The lowest BCUT2D eigenvalue weighted by Crippen LogP contribution is -2.18. The Balaban J connectivity index is 2.23. The average molecular weight is 248 g/mol. The quantitative estimate of drug-likeness (QED) is 0.783. The lowest BCUT2D eigenvalue weighted by atomic mass is 10.2. The second-order valence-electron chi connectivity index (χ2n) is 3.36. The summed E-state index contributed by atoms with van der Waals surface area (Å²) in [5.41, 5.74) is 0.877. The van der Waals surface area contributed by atoms with Crippen LogP contribution >= 0.6 is 11.6 Å². The molecule has 0 bridgehead atoms. The molecule has 0 atom stereocenters. The van der Waals surface area contributed by atoms with E-state index in [9.17, 15) is 9.90 Å². The molecule has 86 valence electrons. The Morgan fingerprint density at radius 2 is 1.88 bits per heavy atom. The van der Waals surface area contributed by atoms with Gasteiger partial charge in [0.2, 0.25) is 0 Å². The molecule has 0 amide bonds. The smallest absolute Gasteiger partial charge is 0.134 e. The Hall–Kier alpha value is -2.00. The minimum absolute atomic E-state index is 0.458. The monoisotopic (exact) mass is 247 g/mol. The van der Waals surface area contributed by atoms with Gasteiger partial charge in [-0.3, -0.25) is 0 Å². The van der Waals surface area contributed by atoms with E-state index < -0.39 is 5.97 Å². The van der Waals surface area contributed by atoms with E-state index in [1.807, 2.05) is 12.1 Å². The molecule has 2 rings (SSSR count). The molecule has 0 unspecified atom stereocenters. The molecule has 17 heavy (non-hydrogen) atoms. The van der Waals surface area contributed by atoms with Crippen molar-refractivity contribution in [2.24, 2.45) is 0 Å². The highest BCUT2D eigenvalue weighted by Gasteiger charge is 2.02. The average Bonchev–Trinajstić information content (AvgIpc) is 2.76. The number of halogens is 1. The maximum atomic E-state index is 10.2. The van der Waals surface area contributed by atoms with Gasteiger partial charge in [-0.25, -0.2) is 0 Å². The number of rotatable bonds is 3. The summed E-state index contributed by atoms with van der Waals surface area (Å²) in [5, 5.41) is 10.9. The van der Waals surface area contributed by atoms with E-state index >= 15 is 0 Å². The van der Waals surface area contributed by atoms with Crippen LogP contribution in [0.25, 0.3) is 17.4 Å². The minimum Gasteiger partial charge on any atom is -0.545 e. The fraction of sp³-hybridized carbons (Fsp3) is 0. The zero-order valence-electron chi connectivity index (χ0n) is 8.72. The number of carbonyl (C=O) groups excluding carboxylic acids is 1. The van der Waals surface area contributed by atoms with Crippen molar-refractivity contribution in [2.45, 2.75) is 0 Å². The van der Waals surface area contributed by atoms with E-state index in [-0.39, 0.29) is 0 Å². The van der Waals surface area contributed by atoms with Gasteiger partial charge in [0.1, 0.15) is 11.5 Å². The van der Waals surface area contributed by atoms with Crippen molar-refractivity contribution in [3.05, 3.63) is 53.3 Å². The normalized spacial score (nSPS) is 10.9. The molecule has 0 fully saturated rings. The molecule has 0 saturated carbocycles. The first kappa shape index (κ1) is 11.5.